The van der Waals surface area contributed by atoms with Crippen LogP contribution in [0.5, 0.6) is 5.75 Å². The van der Waals surface area contributed by atoms with E-state index in [1.165, 1.54) is 24.5 Å². The van der Waals surface area contributed by atoms with Crippen molar-refractivity contribution in [1.29, 1.82) is 0 Å². The van der Waals surface area contributed by atoms with Crippen LogP contribution in [0.2, 0.25) is 0 Å². The fourth-order valence-corrected chi connectivity index (χ4v) is 3.55. The van der Waals surface area contributed by atoms with E-state index >= 15 is 0 Å². The van der Waals surface area contributed by atoms with Crippen molar-refractivity contribution in [2.45, 2.75) is 13.5 Å². The number of aromatic nitrogens is 3. The molecule has 1 amide bonds. The number of nitrogens with zero attached hydrogens (tertiary/aromatic N) is 3. The quantitative estimate of drug-likeness (QED) is 0.368. The molecule has 0 radical (unpaired) electrons. The summed E-state index contributed by atoms with van der Waals surface area (Å²) in [4.78, 5) is 14.6. The monoisotopic (exact) mass is 421 g/mol. The number of carbonyl (C=O) groups excluding carboxylic acids is 1. The van der Waals surface area contributed by atoms with Gasteiger partial charge in [0, 0.05) is 22.9 Å². The fraction of sp³-hybridized carbons (Fsp3) is 0.174. The van der Waals surface area contributed by atoms with Gasteiger partial charge in [-0.2, -0.15) is 5.10 Å². The zero-order valence-corrected chi connectivity index (χ0v) is 17.2. The number of aromatic amines is 1. The van der Waals surface area contributed by atoms with Crippen molar-refractivity contribution < 1.29 is 23.9 Å². The molecule has 0 bridgehead atoms. The molecule has 158 valence electrons. The minimum atomic E-state index is -0.339. The number of nitrogens with one attached hydrogen (secondary N) is 1. The molecular weight excluding hydrogens is 399 g/mol. The molecule has 2 N–H and O–H groups in total. The fourth-order valence-electron chi connectivity index (χ4n) is 3.55. The van der Waals surface area contributed by atoms with Gasteiger partial charge in [-0.15, -0.1) is 0 Å². The number of pyridine rings is 1. The van der Waals surface area contributed by atoms with Crippen LogP contribution in [0, 0.1) is 5.82 Å². The SMILES string of the molecule is CCOc1cc(C(=O)N(C)Cc2c[n+](O)cc3cn[nH]c23)ccc1-c1cccc(F)c1. The van der Waals surface area contributed by atoms with E-state index < -0.39 is 0 Å². The van der Waals surface area contributed by atoms with Crippen molar-refractivity contribution in [2.75, 3.05) is 13.7 Å². The average Bonchev–Trinajstić information content (AvgIpc) is 3.22. The molecule has 31 heavy (non-hydrogen) atoms. The first kappa shape index (κ1) is 20.3. The molecule has 0 aliphatic heterocycles. The van der Waals surface area contributed by atoms with Gasteiger partial charge in [-0.05, 0) is 42.8 Å². The van der Waals surface area contributed by atoms with Crippen LogP contribution in [-0.2, 0) is 6.54 Å². The zero-order chi connectivity index (χ0) is 22.0. The molecule has 4 rings (SSSR count). The second-order valence-corrected chi connectivity index (χ2v) is 7.18. The van der Waals surface area contributed by atoms with Gasteiger partial charge in [-0.25, -0.2) is 4.39 Å². The van der Waals surface area contributed by atoms with Crippen molar-refractivity contribution in [3.63, 3.8) is 0 Å². The maximum absolute atomic E-state index is 13.7. The smallest absolute Gasteiger partial charge is 0.254 e. The molecule has 0 atom stereocenters. The maximum Gasteiger partial charge on any atom is 0.254 e. The van der Waals surface area contributed by atoms with E-state index in [9.17, 15) is 14.4 Å². The van der Waals surface area contributed by atoms with Gasteiger partial charge in [-0.1, -0.05) is 12.1 Å². The number of amides is 1. The molecule has 0 aliphatic carbocycles. The highest BCUT2D eigenvalue weighted by atomic mass is 19.1. The van der Waals surface area contributed by atoms with Crippen LogP contribution in [0.15, 0.2) is 61.1 Å². The van der Waals surface area contributed by atoms with Gasteiger partial charge in [0.1, 0.15) is 11.6 Å². The van der Waals surface area contributed by atoms with E-state index in [2.05, 4.69) is 10.2 Å². The summed E-state index contributed by atoms with van der Waals surface area (Å²) < 4.78 is 20.4. The van der Waals surface area contributed by atoms with Crippen LogP contribution in [0.25, 0.3) is 22.0 Å². The minimum absolute atomic E-state index is 0.215. The lowest BCUT2D eigenvalue weighted by Gasteiger charge is -2.18. The first-order valence-electron chi connectivity index (χ1n) is 9.81. The Labute approximate surface area is 178 Å². The van der Waals surface area contributed by atoms with E-state index in [0.29, 0.717) is 29.0 Å². The highest BCUT2D eigenvalue weighted by molar-refractivity contribution is 5.95. The average molecular weight is 421 g/mol. The van der Waals surface area contributed by atoms with E-state index in [1.807, 2.05) is 6.92 Å². The maximum atomic E-state index is 13.7. The Kier molecular flexibility index (Phi) is 5.53. The van der Waals surface area contributed by atoms with Gasteiger partial charge < -0.3 is 9.64 Å². The van der Waals surface area contributed by atoms with E-state index in [1.54, 1.807) is 48.5 Å². The van der Waals surface area contributed by atoms with Gasteiger partial charge >= 0.3 is 0 Å². The second kappa shape index (κ2) is 8.43. The molecule has 7 nitrogen and oxygen atoms in total. The molecule has 0 aliphatic rings. The third-order valence-electron chi connectivity index (χ3n) is 4.97. The Bertz CT molecular complexity index is 1250. The van der Waals surface area contributed by atoms with E-state index in [0.717, 1.165) is 21.2 Å². The second-order valence-electron chi connectivity index (χ2n) is 7.18. The minimum Gasteiger partial charge on any atom is -0.493 e. The molecule has 8 heteroatoms. The predicted molar refractivity (Wildman–Crippen MR) is 112 cm³/mol. The number of carbonyl (C=O) groups is 1. The molecule has 2 heterocycles. The Balaban J connectivity index is 1.63. The first-order valence-corrected chi connectivity index (χ1v) is 9.81. The number of hydrogen-bond donors (Lipinski definition) is 2. The lowest BCUT2D eigenvalue weighted by Crippen LogP contribution is -2.32. The third-order valence-corrected chi connectivity index (χ3v) is 4.97. The first-order chi connectivity index (χ1) is 15.0. The van der Waals surface area contributed by atoms with Gasteiger partial charge in [0.05, 0.1) is 35.8 Å². The lowest BCUT2D eigenvalue weighted by molar-refractivity contribution is -0.904. The third kappa shape index (κ3) is 4.18. The number of H-pyrrole nitrogens is 1. The predicted octanol–water partition coefficient (Wildman–Crippen LogP) is 3.56. The number of hydrogen-bond acceptors (Lipinski definition) is 4. The molecule has 2 aromatic heterocycles. The molecular formula is C23H22FN4O3+. The number of benzene rings is 2. The Morgan fingerprint density at radius 3 is 2.87 bits per heavy atom. The molecule has 0 fully saturated rings. The van der Waals surface area contributed by atoms with E-state index in [4.69, 9.17) is 4.74 Å². The summed E-state index contributed by atoms with van der Waals surface area (Å²) in [5.41, 5.74) is 3.30. The van der Waals surface area contributed by atoms with Crippen molar-refractivity contribution in [3.8, 4) is 16.9 Å². The summed E-state index contributed by atoms with van der Waals surface area (Å²) in [6.45, 7) is 2.52. The van der Waals surface area contributed by atoms with Gasteiger partial charge in [0.2, 0.25) is 12.4 Å². The van der Waals surface area contributed by atoms with Crippen LogP contribution >= 0.6 is 0 Å². The number of halogens is 1. The van der Waals surface area contributed by atoms with Crippen molar-refractivity contribution in [1.82, 2.24) is 15.1 Å². The summed E-state index contributed by atoms with van der Waals surface area (Å²) in [7, 11) is 1.68. The lowest BCUT2D eigenvalue weighted by atomic mass is 10.0. The van der Waals surface area contributed by atoms with Crippen LogP contribution in [0.1, 0.15) is 22.8 Å². The molecule has 0 unspecified atom stereocenters. The molecule has 4 aromatic rings. The van der Waals surface area contributed by atoms with Crippen molar-refractivity contribution in [3.05, 3.63) is 78.0 Å². The topological polar surface area (TPSA) is 82.3 Å². The highest BCUT2D eigenvalue weighted by Crippen LogP contribution is 2.32. The largest absolute Gasteiger partial charge is 0.493 e. The number of fused-ring (bicyclic) bond motifs is 1. The summed E-state index contributed by atoms with van der Waals surface area (Å²) in [5.74, 6) is -0.0436. The van der Waals surface area contributed by atoms with Gasteiger partial charge in [-0.3, -0.25) is 15.1 Å². The highest BCUT2D eigenvalue weighted by Gasteiger charge is 2.19. The van der Waals surface area contributed by atoms with Crippen molar-refractivity contribution >= 4 is 16.8 Å². The molecule has 0 saturated heterocycles. The molecule has 2 aromatic carbocycles. The van der Waals surface area contributed by atoms with Crippen LogP contribution in [0.3, 0.4) is 0 Å². The summed E-state index contributed by atoms with van der Waals surface area (Å²) >= 11 is 0. The zero-order valence-electron chi connectivity index (χ0n) is 17.2. The Hall–Kier alpha value is -3.94. The van der Waals surface area contributed by atoms with Crippen LogP contribution in [0.4, 0.5) is 4.39 Å². The van der Waals surface area contributed by atoms with E-state index in [-0.39, 0.29) is 18.3 Å². The molecule has 0 saturated carbocycles. The summed E-state index contributed by atoms with van der Waals surface area (Å²) in [5, 5.41) is 17.5. The standard InChI is InChI=1S/C23H21FN4O3/c1-3-31-21-10-16(7-8-20(21)15-5-4-6-19(24)9-15)23(29)27(2)12-18-14-28(30)13-17-11-25-26-22(17)18/h4-11,13-14,30H,3,12H2,1-2H3/p+1. The van der Waals surface area contributed by atoms with Crippen LogP contribution < -0.4 is 9.47 Å². The Morgan fingerprint density at radius 2 is 2.10 bits per heavy atom. The normalized spacial score (nSPS) is 10.9. The van der Waals surface area contributed by atoms with Gasteiger partial charge in [0.15, 0.2) is 0 Å². The number of rotatable bonds is 6. The number of ether oxygens (including phenoxy) is 1. The summed E-state index contributed by atoms with van der Waals surface area (Å²) in [6.07, 6.45) is 4.67. The van der Waals surface area contributed by atoms with Crippen molar-refractivity contribution in [2.24, 2.45) is 0 Å². The summed E-state index contributed by atoms with van der Waals surface area (Å²) in [6, 6.07) is 11.4. The molecule has 0 spiro atoms. The van der Waals surface area contributed by atoms with Crippen LogP contribution in [-0.4, -0.2) is 39.9 Å². The Morgan fingerprint density at radius 1 is 1.26 bits per heavy atom. The van der Waals surface area contributed by atoms with Gasteiger partial charge in [0.25, 0.3) is 5.91 Å².